The van der Waals surface area contributed by atoms with Crippen molar-refractivity contribution in [2.24, 2.45) is 5.92 Å². The van der Waals surface area contributed by atoms with Crippen LogP contribution in [0.25, 0.3) is 0 Å². The molecule has 2 aliphatic heterocycles. The summed E-state index contributed by atoms with van der Waals surface area (Å²) in [7, 11) is -2.94. The number of hydrogen-bond donors (Lipinski definition) is 1. The van der Waals surface area contributed by atoms with E-state index in [0.717, 1.165) is 31.9 Å². The molecule has 2 saturated heterocycles. The number of nitrogens with zero attached hydrogens (tertiary/aromatic N) is 1. The van der Waals surface area contributed by atoms with Gasteiger partial charge in [-0.2, -0.15) is 0 Å². The molecule has 3 fully saturated rings. The van der Waals surface area contributed by atoms with Crippen molar-refractivity contribution in [2.75, 3.05) is 32.0 Å². The molecule has 1 aliphatic carbocycles. The van der Waals surface area contributed by atoms with Crippen molar-refractivity contribution >= 4 is 10.0 Å². The third-order valence-corrected chi connectivity index (χ3v) is 6.15. The first-order valence-corrected chi connectivity index (χ1v) is 8.60. The van der Waals surface area contributed by atoms with Gasteiger partial charge in [0.1, 0.15) is 0 Å². The van der Waals surface area contributed by atoms with Crippen LogP contribution < -0.4 is 5.32 Å². The van der Waals surface area contributed by atoms with Crippen molar-refractivity contribution in [3.8, 4) is 0 Å². The van der Waals surface area contributed by atoms with Crippen LogP contribution in [0.5, 0.6) is 0 Å². The molecule has 0 radical (unpaired) electrons. The number of ether oxygens (including phenoxy) is 1. The smallest absolute Gasteiger partial charge is 0.214 e. The Morgan fingerprint density at radius 1 is 1.28 bits per heavy atom. The maximum atomic E-state index is 11.6. The van der Waals surface area contributed by atoms with E-state index < -0.39 is 10.0 Å². The first-order valence-electron chi connectivity index (χ1n) is 7.00. The van der Waals surface area contributed by atoms with E-state index in [-0.39, 0.29) is 0 Å². The van der Waals surface area contributed by atoms with Crippen LogP contribution in [0.1, 0.15) is 25.7 Å². The molecule has 1 saturated carbocycles. The lowest BCUT2D eigenvalue weighted by molar-refractivity contribution is 0.0810. The van der Waals surface area contributed by atoms with Gasteiger partial charge in [0.05, 0.1) is 11.9 Å². The highest BCUT2D eigenvalue weighted by Crippen LogP contribution is 2.38. The summed E-state index contributed by atoms with van der Waals surface area (Å²) >= 11 is 0. The van der Waals surface area contributed by atoms with E-state index in [1.807, 2.05) is 0 Å². The summed E-state index contributed by atoms with van der Waals surface area (Å²) < 4.78 is 30.7. The SMILES string of the molecule is O=S1(=O)CCCN1CCNC1CCOC1C1CC1. The Morgan fingerprint density at radius 3 is 2.78 bits per heavy atom. The summed E-state index contributed by atoms with van der Waals surface area (Å²) in [6.45, 7) is 2.89. The van der Waals surface area contributed by atoms with Crippen LogP contribution in [-0.4, -0.2) is 56.9 Å². The Morgan fingerprint density at radius 2 is 2.11 bits per heavy atom. The molecule has 0 bridgehead atoms. The topological polar surface area (TPSA) is 58.6 Å². The molecule has 2 atom stereocenters. The second-order valence-electron chi connectivity index (χ2n) is 5.59. The predicted molar refractivity (Wildman–Crippen MR) is 68.8 cm³/mol. The fourth-order valence-electron chi connectivity index (χ4n) is 3.04. The third-order valence-electron chi connectivity index (χ3n) is 4.19. The van der Waals surface area contributed by atoms with Gasteiger partial charge in [0.15, 0.2) is 0 Å². The van der Waals surface area contributed by atoms with Crippen molar-refractivity contribution in [3.05, 3.63) is 0 Å². The minimum absolute atomic E-state index is 0.324. The predicted octanol–water partition coefficient (Wildman–Crippen LogP) is 0.179. The summed E-state index contributed by atoms with van der Waals surface area (Å²) in [6, 6.07) is 0.433. The molecule has 18 heavy (non-hydrogen) atoms. The van der Waals surface area contributed by atoms with Crippen LogP contribution in [0, 0.1) is 5.92 Å². The first-order chi connectivity index (χ1) is 8.67. The van der Waals surface area contributed by atoms with Crippen molar-refractivity contribution < 1.29 is 13.2 Å². The van der Waals surface area contributed by atoms with Gasteiger partial charge >= 0.3 is 0 Å². The van der Waals surface area contributed by atoms with Crippen molar-refractivity contribution in [2.45, 2.75) is 37.8 Å². The van der Waals surface area contributed by atoms with Gasteiger partial charge < -0.3 is 10.1 Å². The monoisotopic (exact) mass is 274 g/mol. The Labute approximate surface area is 109 Å². The Kier molecular flexibility index (Phi) is 3.62. The first kappa shape index (κ1) is 12.8. The van der Waals surface area contributed by atoms with Crippen LogP contribution in [0.15, 0.2) is 0 Å². The lowest BCUT2D eigenvalue weighted by Crippen LogP contribution is -2.42. The largest absolute Gasteiger partial charge is 0.376 e. The van der Waals surface area contributed by atoms with Crippen molar-refractivity contribution in [1.82, 2.24) is 9.62 Å². The van der Waals surface area contributed by atoms with Gasteiger partial charge in [-0.15, -0.1) is 0 Å². The number of sulfonamides is 1. The second-order valence-corrected chi connectivity index (χ2v) is 7.68. The molecule has 0 aromatic rings. The molecule has 3 aliphatic rings. The van der Waals surface area contributed by atoms with E-state index in [0.29, 0.717) is 31.0 Å². The van der Waals surface area contributed by atoms with E-state index in [9.17, 15) is 8.42 Å². The van der Waals surface area contributed by atoms with Gasteiger partial charge in [-0.1, -0.05) is 0 Å². The summed E-state index contributed by atoms with van der Waals surface area (Å²) in [6.07, 6.45) is 4.81. The third kappa shape index (κ3) is 2.71. The van der Waals surface area contributed by atoms with Crippen molar-refractivity contribution in [1.29, 1.82) is 0 Å². The summed E-state index contributed by atoms with van der Waals surface area (Å²) in [4.78, 5) is 0. The molecule has 0 amide bonds. The van der Waals surface area contributed by atoms with Crippen molar-refractivity contribution in [3.63, 3.8) is 0 Å². The lowest BCUT2D eigenvalue weighted by Gasteiger charge is -2.21. The number of nitrogens with one attached hydrogen (secondary N) is 1. The molecule has 0 aromatic heterocycles. The molecule has 6 heteroatoms. The second kappa shape index (κ2) is 5.07. The van der Waals surface area contributed by atoms with Crippen LogP contribution in [0.3, 0.4) is 0 Å². The average Bonchev–Trinajstić information content (AvgIpc) is 2.97. The average molecular weight is 274 g/mol. The summed E-state index contributed by atoms with van der Waals surface area (Å²) in [5.41, 5.74) is 0. The molecule has 104 valence electrons. The maximum absolute atomic E-state index is 11.6. The zero-order valence-corrected chi connectivity index (χ0v) is 11.5. The Balaban J connectivity index is 1.44. The molecule has 1 N–H and O–H groups in total. The summed E-state index contributed by atoms with van der Waals surface area (Å²) in [5, 5.41) is 3.49. The molecular weight excluding hydrogens is 252 g/mol. The van der Waals surface area contributed by atoms with Gasteiger partial charge in [-0.25, -0.2) is 12.7 Å². The van der Waals surface area contributed by atoms with E-state index >= 15 is 0 Å². The summed E-state index contributed by atoms with van der Waals surface area (Å²) in [5.74, 6) is 1.07. The fourth-order valence-corrected chi connectivity index (χ4v) is 4.56. The Bertz CT molecular complexity index is 394. The molecule has 3 rings (SSSR count). The van der Waals surface area contributed by atoms with Gasteiger partial charge in [0.25, 0.3) is 0 Å². The molecule has 0 spiro atoms. The molecule has 2 unspecified atom stereocenters. The minimum atomic E-state index is -2.94. The maximum Gasteiger partial charge on any atom is 0.214 e. The molecule has 2 heterocycles. The lowest BCUT2D eigenvalue weighted by atomic mass is 10.1. The molecule has 0 aromatic carbocycles. The molecular formula is C12H22N2O3S. The van der Waals surface area contributed by atoms with E-state index in [1.165, 1.54) is 12.8 Å². The minimum Gasteiger partial charge on any atom is -0.376 e. The van der Waals surface area contributed by atoms with Crippen LogP contribution in [-0.2, 0) is 14.8 Å². The number of rotatable bonds is 5. The van der Waals surface area contributed by atoms with E-state index in [4.69, 9.17) is 4.74 Å². The van der Waals surface area contributed by atoms with E-state index in [1.54, 1.807) is 4.31 Å². The van der Waals surface area contributed by atoms with Crippen LogP contribution in [0.2, 0.25) is 0 Å². The highest BCUT2D eigenvalue weighted by molar-refractivity contribution is 7.89. The zero-order valence-electron chi connectivity index (χ0n) is 10.7. The van der Waals surface area contributed by atoms with Gasteiger partial charge in [-0.3, -0.25) is 0 Å². The van der Waals surface area contributed by atoms with Gasteiger partial charge in [0.2, 0.25) is 10.0 Å². The molecule has 5 nitrogen and oxygen atoms in total. The number of hydrogen-bond acceptors (Lipinski definition) is 4. The Hall–Kier alpha value is -0.170. The normalized spacial score (nSPS) is 36.2. The van der Waals surface area contributed by atoms with Crippen LogP contribution >= 0.6 is 0 Å². The van der Waals surface area contributed by atoms with E-state index in [2.05, 4.69) is 5.32 Å². The van der Waals surface area contributed by atoms with Gasteiger partial charge in [-0.05, 0) is 31.6 Å². The fraction of sp³-hybridized carbons (Fsp3) is 1.00. The highest BCUT2D eigenvalue weighted by atomic mass is 32.2. The van der Waals surface area contributed by atoms with Gasteiger partial charge in [0, 0.05) is 32.3 Å². The standard InChI is InChI=1S/C12H22N2O3S/c15-18(16)9-1-6-14(18)7-5-13-11-4-8-17-12(11)10-2-3-10/h10-13H,1-9H2. The van der Waals surface area contributed by atoms with Crippen LogP contribution in [0.4, 0.5) is 0 Å². The quantitative estimate of drug-likeness (QED) is 0.777. The highest BCUT2D eigenvalue weighted by Gasteiger charge is 2.40. The zero-order chi connectivity index (χ0) is 12.6.